The van der Waals surface area contributed by atoms with Crippen LogP contribution < -0.4 is 10.2 Å². The Kier molecular flexibility index (Phi) is 4.74. The first-order valence-corrected chi connectivity index (χ1v) is 6.84. The molecule has 0 spiro atoms. The number of rotatable bonds is 4. The van der Waals surface area contributed by atoms with Crippen molar-refractivity contribution in [2.24, 2.45) is 0 Å². The number of hydrogen-bond donors (Lipinski definition) is 1. The lowest BCUT2D eigenvalue weighted by atomic mass is 10.1. The third kappa shape index (κ3) is 3.17. The lowest BCUT2D eigenvalue weighted by Gasteiger charge is -2.24. The van der Waals surface area contributed by atoms with Crippen molar-refractivity contribution in [1.29, 1.82) is 0 Å². The molecule has 1 aliphatic heterocycles. The number of nitrogens with zero attached hydrogens (tertiary/aromatic N) is 1. The number of amides is 2. The van der Waals surface area contributed by atoms with E-state index in [0.717, 1.165) is 11.3 Å². The number of nitrogens with one attached hydrogen (secondary N) is 1. The van der Waals surface area contributed by atoms with Crippen molar-refractivity contribution in [1.82, 2.24) is 5.32 Å². The van der Waals surface area contributed by atoms with Gasteiger partial charge in [0.1, 0.15) is 6.04 Å². The average Bonchev–Trinajstić information content (AvgIpc) is 2.59. The van der Waals surface area contributed by atoms with Gasteiger partial charge in [0.15, 0.2) is 0 Å². The van der Waals surface area contributed by atoms with E-state index in [0.29, 0.717) is 26.0 Å². The van der Waals surface area contributed by atoms with Gasteiger partial charge in [-0.2, -0.15) is 0 Å². The van der Waals surface area contributed by atoms with Crippen LogP contribution in [0.15, 0.2) is 24.3 Å². The van der Waals surface area contributed by atoms with Gasteiger partial charge in [-0.3, -0.25) is 9.59 Å². The lowest BCUT2D eigenvalue weighted by molar-refractivity contribution is -0.125. The molecule has 0 saturated carbocycles. The lowest BCUT2D eigenvalue weighted by Crippen LogP contribution is -2.44. The highest BCUT2D eigenvalue weighted by molar-refractivity contribution is 6.01. The predicted molar refractivity (Wildman–Crippen MR) is 76.3 cm³/mol. The normalized spacial score (nSPS) is 19.7. The van der Waals surface area contributed by atoms with Gasteiger partial charge in [0.2, 0.25) is 11.8 Å². The number of benzene rings is 1. The molecule has 20 heavy (non-hydrogen) atoms. The van der Waals surface area contributed by atoms with Crippen molar-refractivity contribution >= 4 is 17.5 Å². The minimum absolute atomic E-state index is 0.0482. The molecule has 0 radical (unpaired) electrons. The molecule has 5 heteroatoms. The van der Waals surface area contributed by atoms with Gasteiger partial charge < -0.3 is 15.0 Å². The Balaban J connectivity index is 2.27. The standard InChI is InChI=1S/C15H20N2O3/c1-3-13-15(19)17(8-7-14(18)16-13)12-6-4-5-11(9-12)10-20-2/h4-6,9,13H,3,7-8,10H2,1-2H3,(H,16,18). The zero-order valence-electron chi connectivity index (χ0n) is 11.9. The van der Waals surface area contributed by atoms with E-state index in [1.807, 2.05) is 31.2 Å². The van der Waals surface area contributed by atoms with Crippen LogP contribution in [0.2, 0.25) is 0 Å². The van der Waals surface area contributed by atoms with E-state index in [9.17, 15) is 9.59 Å². The van der Waals surface area contributed by atoms with Crippen LogP contribution in [0.3, 0.4) is 0 Å². The number of carbonyl (C=O) groups excluding carboxylic acids is 2. The van der Waals surface area contributed by atoms with Crippen molar-refractivity contribution < 1.29 is 14.3 Å². The molecule has 1 unspecified atom stereocenters. The van der Waals surface area contributed by atoms with Gasteiger partial charge in [0.05, 0.1) is 6.61 Å². The molecular formula is C15H20N2O3. The monoisotopic (exact) mass is 276 g/mol. The quantitative estimate of drug-likeness (QED) is 0.906. The summed E-state index contributed by atoms with van der Waals surface area (Å²) in [6.07, 6.45) is 0.926. The third-order valence-corrected chi connectivity index (χ3v) is 3.40. The molecule has 2 rings (SSSR count). The summed E-state index contributed by atoms with van der Waals surface area (Å²) >= 11 is 0. The van der Waals surface area contributed by atoms with E-state index in [1.54, 1.807) is 12.0 Å². The smallest absolute Gasteiger partial charge is 0.249 e. The summed E-state index contributed by atoms with van der Waals surface area (Å²) in [6.45, 7) is 2.82. The van der Waals surface area contributed by atoms with E-state index in [2.05, 4.69) is 5.32 Å². The van der Waals surface area contributed by atoms with Crippen molar-refractivity contribution in [2.45, 2.75) is 32.4 Å². The topological polar surface area (TPSA) is 58.6 Å². The molecule has 1 aliphatic rings. The van der Waals surface area contributed by atoms with Gasteiger partial charge >= 0.3 is 0 Å². The van der Waals surface area contributed by atoms with Crippen LogP contribution in [-0.4, -0.2) is 31.5 Å². The van der Waals surface area contributed by atoms with Crippen LogP contribution in [0.25, 0.3) is 0 Å². The molecule has 108 valence electrons. The maximum Gasteiger partial charge on any atom is 0.249 e. The second-order valence-corrected chi connectivity index (χ2v) is 4.87. The molecule has 1 heterocycles. The Bertz CT molecular complexity index is 502. The Morgan fingerprint density at radius 2 is 2.20 bits per heavy atom. The molecule has 0 aromatic heterocycles. The zero-order valence-corrected chi connectivity index (χ0v) is 11.9. The molecular weight excluding hydrogens is 256 g/mol. The van der Waals surface area contributed by atoms with Gasteiger partial charge in [0.25, 0.3) is 0 Å². The number of anilines is 1. The SMILES string of the molecule is CCC1NC(=O)CCN(c2cccc(COC)c2)C1=O. The van der Waals surface area contributed by atoms with Gasteiger partial charge in [-0.05, 0) is 24.1 Å². The van der Waals surface area contributed by atoms with Crippen LogP contribution in [-0.2, 0) is 20.9 Å². The first-order valence-electron chi connectivity index (χ1n) is 6.84. The first-order chi connectivity index (χ1) is 9.65. The Labute approximate surface area is 118 Å². The van der Waals surface area contributed by atoms with Gasteiger partial charge in [-0.1, -0.05) is 19.1 Å². The summed E-state index contributed by atoms with van der Waals surface area (Å²) in [5, 5.41) is 2.76. The fraction of sp³-hybridized carbons (Fsp3) is 0.467. The van der Waals surface area contributed by atoms with Crippen molar-refractivity contribution in [3.05, 3.63) is 29.8 Å². The molecule has 0 bridgehead atoms. The molecule has 1 aromatic carbocycles. The van der Waals surface area contributed by atoms with Gasteiger partial charge in [-0.25, -0.2) is 0 Å². The van der Waals surface area contributed by atoms with Crippen LogP contribution in [0.4, 0.5) is 5.69 Å². The Hall–Kier alpha value is -1.88. The molecule has 5 nitrogen and oxygen atoms in total. The van der Waals surface area contributed by atoms with Crippen LogP contribution in [0.1, 0.15) is 25.3 Å². The van der Waals surface area contributed by atoms with Crippen LogP contribution in [0.5, 0.6) is 0 Å². The molecule has 2 amide bonds. The van der Waals surface area contributed by atoms with Crippen molar-refractivity contribution in [2.75, 3.05) is 18.6 Å². The molecule has 0 aliphatic carbocycles. The van der Waals surface area contributed by atoms with E-state index >= 15 is 0 Å². The number of carbonyl (C=O) groups is 2. The summed E-state index contributed by atoms with van der Waals surface area (Å²) in [5.74, 6) is -0.117. The predicted octanol–water partition coefficient (Wildman–Crippen LogP) is 1.46. The molecule has 1 aromatic rings. The van der Waals surface area contributed by atoms with Crippen LogP contribution >= 0.6 is 0 Å². The first kappa shape index (κ1) is 14.5. The highest BCUT2D eigenvalue weighted by atomic mass is 16.5. The summed E-state index contributed by atoms with van der Waals surface area (Å²) < 4.78 is 5.11. The van der Waals surface area contributed by atoms with Crippen LogP contribution in [0, 0.1) is 0 Å². The zero-order chi connectivity index (χ0) is 14.5. The third-order valence-electron chi connectivity index (χ3n) is 3.40. The summed E-state index contributed by atoms with van der Waals surface area (Å²) in [5.41, 5.74) is 1.83. The molecule has 1 N–H and O–H groups in total. The number of methoxy groups -OCH3 is 1. The van der Waals surface area contributed by atoms with E-state index in [4.69, 9.17) is 4.74 Å². The maximum absolute atomic E-state index is 12.5. The second-order valence-electron chi connectivity index (χ2n) is 4.87. The van der Waals surface area contributed by atoms with Crippen molar-refractivity contribution in [3.63, 3.8) is 0 Å². The second kappa shape index (κ2) is 6.52. The highest BCUT2D eigenvalue weighted by Gasteiger charge is 2.29. The minimum atomic E-state index is -0.434. The van der Waals surface area contributed by atoms with Gasteiger partial charge in [-0.15, -0.1) is 0 Å². The highest BCUT2D eigenvalue weighted by Crippen LogP contribution is 2.20. The number of ether oxygens (including phenoxy) is 1. The summed E-state index contributed by atoms with van der Waals surface area (Å²) in [6, 6.07) is 7.24. The fourth-order valence-corrected chi connectivity index (χ4v) is 2.35. The van der Waals surface area contributed by atoms with E-state index in [-0.39, 0.29) is 11.8 Å². The summed E-state index contributed by atoms with van der Waals surface area (Å²) in [4.78, 5) is 25.8. The fourth-order valence-electron chi connectivity index (χ4n) is 2.35. The van der Waals surface area contributed by atoms with Crippen molar-refractivity contribution in [3.8, 4) is 0 Å². The molecule has 1 atom stereocenters. The average molecular weight is 276 g/mol. The Morgan fingerprint density at radius 3 is 2.90 bits per heavy atom. The number of hydrogen-bond acceptors (Lipinski definition) is 3. The molecule has 1 fully saturated rings. The Morgan fingerprint density at radius 1 is 1.40 bits per heavy atom. The maximum atomic E-state index is 12.5. The van der Waals surface area contributed by atoms with E-state index in [1.165, 1.54) is 0 Å². The summed E-state index contributed by atoms with van der Waals surface area (Å²) in [7, 11) is 1.64. The minimum Gasteiger partial charge on any atom is -0.380 e. The largest absolute Gasteiger partial charge is 0.380 e. The molecule has 1 saturated heterocycles. The van der Waals surface area contributed by atoms with Gasteiger partial charge in [0, 0.05) is 25.8 Å². The van der Waals surface area contributed by atoms with E-state index < -0.39 is 6.04 Å².